The van der Waals surface area contributed by atoms with E-state index < -0.39 is 7.14 Å². The number of anilines is 1. The molecule has 0 unspecified atom stereocenters. The Morgan fingerprint density at radius 3 is 2.33 bits per heavy atom. The average molecular weight is 184 g/mol. The molecule has 0 fully saturated rings. The molecule has 12 heavy (non-hydrogen) atoms. The maximum absolute atomic E-state index is 11.8. The Hall–Kier alpha value is -0.820. The predicted octanol–water partition coefficient (Wildman–Crippen LogP) is 1.22. The molecule has 0 aromatic carbocycles. The summed E-state index contributed by atoms with van der Waals surface area (Å²) >= 11 is 0. The van der Waals surface area contributed by atoms with Crippen LogP contribution >= 0.6 is 7.14 Å². The van der Waals surface area contributed by atoms with Gasteiger partial charge in [-0.2, -0.15) is 0 Å². The molecule has 0 atom stereocenters. The number of rotatable bonds is 1. The summed E-state index contributed by atoms with van der Waals surface area (Å²) < 4.78 is 11.8. The van der Waals surface area contributed by atoms with Gasteiger partial charge < -0.3 is 10.3 Å². The highest BCUT2D eigenvalue weighted by molar-refractivity contribution is 7.70. The zero-order valence-electron chi connectivity index (χ0n) is 7.53. The van der Waals surface area contributed by atoms with Gasteiger partial charge in [-0.05, 0) is 25.8 Å². The summed E-state index contributed by atoms with van der Waals surface area (Å²) in [7, 11) is -2.26. The van der Waals surface area contributed by atoms with E-state index in [9.17, 15) is 4.57 Å². The molecule has 2 N–H and O–H groups in total. The van der Waals surface area contributed by atoms with Crippen molar-refractivity contribution in [3.8, 4) is 0 Å². The van der Waals surface area contributed by atoms with Crippen LogP contribution in [0.2, 0.25) is 0 Å². The van der Waals surface area contributed by atoms with Crippen molar-refractivity contribution in [1.29, 1.82) is 0 Å². The maximum Gasteiger partial charge on any atom is 0.112 e. The van der Waals surface area contributed by atoms with Gasteiger partial charge in [0.15, 0.2) is 0 Å². The molecule has 1 aromatic heterocycles. The van der Waals surface area contributed by atoms with Crippen LogP contribution in [0.15, 0.2) is 12.4 Å². The summed E-state index contributed by atoms with van der Waals surface area (Å²) in [5.74, 6) is 0. The molecule has 0 saturated carbocycles. The first-order valence-corrected chi connectivity index (χ1v) is 6.28. The summed E-state index contributed by atoms with van der Waals surface area (Å²) in [5, 5.41) is 0.762. The van der Waals surface area contributed by atoms with E-state index in [0.717, 1.165) is 10.9 Å². The summed E-state index contributed by atoms with van der Waals surface area (Å²) in [4.78, 5) is 3.91. The van der Waals surface area contributed by atoms with E-state index in [1.54, 1.807) is 25.7 Å². The van der Waals surface area contributed by atoms with Gasteiger partial charge in [0.1, 0.15) is 7.14 Å². The molecule has 0 bridgehead atoms. The fraction of sp³-hybridized carbons (Fsp3) is 0.375. The van der Waals surface area contributed by atoms with Gasteiger partial charge in [-0.25, -0.2) is 0 Å². The molecule has 1 aromatic rings. The highest BCUT2D eigenvalue weighted by Crippen LogP contribution is 2.37. The normalized spacial score (nSPS) is 11.6. The molecule has 0 aliphatic carbocycles. The maximum atomic E-state index is 11.8. The number of pyridine rings is 1. The lowest BCUT2D eigenvalue weighted by atomic mass is 10.3. The lowest BCUT2D eigenvalue weighted by Crippen LogP contribution is -2.13. The van der Waals surface area contributed by atoms with Crippen molar-refractivity contribution < 1.29 is 4.57 Å². The van der Waals surface area contributed by atoms with Crippen molar-refractivity contribution in [2.45, 2.75) is 6.92 Å². The fourth-order valence-electron chi connectivity index (χ4n) is 1.31. The van der Waals surface area contributed by atoms with Gasteiger partial charge in [0.05, 0.1) is 11.9 Å². The standard InChI is InChI=1S/C8H13N2OP/c1-6-4-10-5-7(9)8(6)12(2,3)11/h4-5H,9H2,1-3H3. The second-order valence-electron chi connectivity index (χ2n) is 3.25. The fourth-order valence-corrected chi connectivity index (χ4v) is 2.90. The van der Waals surface area contributed by atoms with Crippen molar-refractivity contribution >= 4 is 18.1 Å². The summed E-state index contributed by atoms with van der Waals surface area (Å²) in [6.07, 6.45) is 3.23. The number of hydrogen-bond donors (Lipinski definition) is 1. The molecule has 1 rings (SSSR count). The quantitative estimate of drug-likeness (QED) is 0.667. The molecule has 0 saturated heterocycles. The van der Waals surface area contributed by atoms with Gasteiger partial charge in [-0.15, -0.1) is 0 Å². The van der Waals surface area contributed by atoms with Gasteiger partial charge in [-0.3, -0.25) is 4.98 Å². The first kappa shape index (κ1) is 9.27. The van der Waals surface area contributed by atoms with Crippen LogP contribution in [0.4, 0.5) is 5.69 Å². The third-order valence-corrected chi connectivity index (χ3v) is 3.36. The van der Waals surface area contributed by atoms with Crippen molar-refractivity contribution in [2.75, 3.05) is 19.1 Å². The first-order valence-electron chi connectivity index (χ1n) is 3.68. The Labute approximate surface area is 72.4 Å². The van der Waals surface area contributed by atoms with Crippen molar-refractivity contribution in [1.82, 2.24) is 4.98 Å². The van der Waals surface area contributed by atoms with E-state index in [2.05, 4.69) is 4.98 Å². The lowest BCUT2D eigenvalue weighted by Gasteiger charge is -2.12. The topological polar surface area (TPSA) is 56.0 Å². The van der Waals surface area contributed by atoms with Gasteiger partial charge in [0.25, 0.3) is 0 Å². The Bertz CT molecular complexity index is 323. The van der Waals surface area contributed by atoms with Crippen LogP contribution in [0.1, 0.15) is 5.56 Å². The zero-order valence-corrected chi connectivity index (χ0v) is 8.43. The molecule has 4 heteroatoms. The summed E-state index contributed by atoms with van der Waals surface area (Å²) in [5.41, 5.74) is 7.11. The number of aryl methyl sites for hydroxylation is 1. The van der Waals surface area contributed by atoms with Crippen LogP contribution in [0, 0.1) is 6.92 Å². The minimum absolute atomic E-state index is 0.531. The largest absolute Gasteiger partial charge is 0.397 e. The lowest BCUT2D eigenvalue weighted by molar-refractivity contribution is 0.588. The zero-order chi connectivity index (χ0) is 9.35. The van der Waals surface area contributed by atoms with E-state index in [-0.39, 0.29) is 0 Å². The Balaban J connectivity index is 3.42. The monoisotopic (exact) mass is 184 g/mol. The van der Waals surface area contributed by atoms with Gasteiger partial charge in [0.2, 0.25) is 0 Å². The van der Waals surface area contributed by atoms with E-state index in [4.69, 9.17) is 5.73 Å². The molecule has 1 heterocycles. The van der Waals surface area contributed by atoms with Crippen LogP contribution in [-0.2, 0) is 4.57 Å². The SMILES string of the molecule is Cc1cncc(N)c1P(C)(C)=O. The van der Waals surface area contributed by atoms with E-state index >= 15 is 0 Å². The van der Waals surface area contributed by atoms with E-state index in [0.29, 0.717) is 5.69 Å². The second-order valence-corrected chi connectivity index (χ2v) is 6.39. The highest BCUT2D eigenvalue weighted by Gasteiger charge is 2.16. The molecule has 0 amide bonds. The number of hydrogen-bond acceptors (Lipinski definition) is 3. The smallest absolute Gasteiger partial charge is 0.112 e. The van der Waals surface area contributed by atoms with Crippen LogP contribution in [0.5, 0.6) is 0 Å². The third kappa shape index (κ3) is 1.67. The van der Waals surface area contributed by atoms with E-state index in [1.165, 1.54) is 0 Å². The number of aromatic nitrogens is 1. The van der Waals surface area contributed by atoms with Crippen LogP contribution in [0.3, 0.4) is 0 Å². The average Bonchev–Trinajstić information content (AvgIpc) is 1.82. The molecular formula is C8H13N2OP. The van der Waals surface area contributed by atoms with Crippen molar-refractivity contribution in [3.63, 3.8) is 0 Å². The highest BCUT2D eigenvalue weighted by atomic mass is 31.2. The number of nitrogen functional groups attached to an aromatic ring is 1. The summed E-state index contributed by atoms with van der Waals surface area (Å²) in [6, 6.07) is 0. The number of nitrogens with zero attached hydrogens (tertiary/aromatic N) is 1. The van der Waals surface area contributed by atoms with Crippen LogP contribution in [0.25, 0.3) is 0 Å². The molecule has 3 nitrogen and oxygen atoms in total. The van der Waals surface area contributed by atoms with Crippen LogP contribution < -0.4 is 11.0 Å². The predicted molar refractivity (Wildman–Crippen MR) is 52.5 cm³/mol. The molecule has 0 aliphatic heterocycles. The Morgan fingerprint density at radius 1 is 1.42 bits per heavy atom. The molecule has 0 radical (unpaired) electrons. The molecular weight excluding hydrogens is 171 g/mol. The third-order valence-electron chi connectivity index (χ3n) is 1.67. The number of nitrogens with two attached hydrogens (primary N) is 1. The molecule has 0 aliphatic rings. The Kier molecular flexibility index (Phi) is 2.25. The molecule has 66 valence electrons. The van der Waals surface area contributed by atoms with Gasteiger partial charge >= 0.3 is 0 Å². The minimum Gasteiger partial charge on any atom is -0.397 e. The molecule has 0 spiro atoms. The van der Waals surface area contributed by atoms with Crippen molar-refractivity contribution in [2.24, 2.45) is 0 Å². The summed E-state index contributed by atoms with van der Waals surface area (Å²) in [6.45, 7) is 5.30. The minimum atomic E-state index is -2.26. The Morgan fingerprint density at radius 2 is 2.00 bits per heavy atom. The van der Waals surface area contributed by atoms with Crippen LogP contribution in [-0.4, -0.2) is 18.3 Å². The first-order chi connectivity index (χ1) is 5.43. The van der Waals surface area contributed by atoms with Gasteiger partial charge in [0, 0.05) is 11.5 Å². The second kappa shape index (κ2) is 2.91. The van der Waals surface area contributed by atoms with E-state index in [1.807, 2.05) is 6.92 Å². The van der Waals surface area contributed by atoms with Gasteiger partial charge in [-0.1, -0.05) is 0 Å². The van der Waals surface area contributed by atoms with Crippen molar-refractivity contribution in [3.05, 3.63) is 18.0 Å².